The van der Waals surface area contributed by atoms with Crippen LogP contribution in [0.2, 0.25) is 0 Å². The van der Waals surface area contributed by atoms with Gasteiger partial charge in [-0.25, -0.2) is 0 Å². The number of nitrogens with zero attached hydrogens (tertiary/aromatic N) is 2. The molecule has 2 N–H and O–H groups in total. The summed E-state index contributed by atoms with van der Waals surface area (Å²) in [7, 11) is 3.80. The van der Waals surface area contributed by atoms with Crippen molar-refractivity contribution in [1.29, 1.82) is 0 Å². The average Bonchev–Trinajstić information content (AvgIpc) is 1.95. The second kappa shape index (κ2) is 2.46. The van der Waals surface area contributed by atoms with Crippen LogP contribution < -0.4 is 5.73 Å². The summed E-state index contributed by atoms with van der Waals surface area (Å²) in [6.07, 6.45) is 3.81. The summed E-state index contributed by atoms with van der Waals surface area (Å²) < 4.78 is 0. The van der Waals surface area contributed by atoms with Crippen LogP contribution in [0.5, 0.6) is 0 Å². The number of likely N-dealkylation sites (N-methyl/N-ethyl adjacent to an activating group) is 1. The lowest BCUT2D eigenvalue weighted by atomic mass is 10.1. The van der Waals surface area contributed by atoms with Crippen LogP contribution in [0.4, 0.5) is 0 Å². The maximum atomic E-state index is 5.90. The Bertz CT molecular complexity index is 210. The molecule has 0 saturated carbocycles. The first-order valence-electron chi connectivity index (χ1n) is 3.44. The highest BCUT2D eigenvalue weighted by Gasteiger charge is 2.27. The zero-order valence-electron chi connectivity index (χ0n) is 7.03. The number of rotatable bonds is 0. The highest BCUT2D eigenvalue weighted by Crippen LogP contribution is 2.15. The van der Waals surface area contributed by atoms with Gasteiger partial charge in [-0.1, -0.05) is 0 Å². The Morgan fingerprint density at radius 3 is 2.55 bits per heavy atom. The monoisotopic (exact) mass is 171 g/mol. The van der Waals surface area contributed by atoms with Gasteiger partial charge in [0.25, 0.3) is 0 Å². The number of hydrogen-bond acceptors (Lipinski definition) is 2. The topological polar surface area (TPSA) is 32.5 Å². The molecular formula is C7H13N3S. The molecule has 1 rings (SSSR count). The third-order valence-electron chi connectivity index (χ3n) is 1.95. The van der Waals surface area contributed by atoms with Crippen LogP contribution in [0.1, 0.15) is 6.92 Å². The Hall–Kier alpha value is -0.610. The number of thiocarbonyl (C=S) groups is 1. The van der Waals surface area contributed by atoms with Gasteiger partial charge < -0.3 is 15.5 Å². The quantitative estimate of drug-likeness (QED) is 0.533. The average molecular weight is 171 g/mol. The van der Waals surface area contributed by atoms with E-state index in [0.717, 1.165) is 5.11 Å². The minimum Gasteiger partial charge on any atom is -0.331 e. The van der Waals surface area contributed by atoms with Gasteiger partial charge in [0.05, 0.1) is 0 Å². The Kier molecular flexibility index (Phi) is 1.90. The summed E-state index contributed by atoms with van der Waals surface area (Å²) in [5, 5.41) is 0.748. The largest absolute Gasteiger partial charge is 0.331 e. The Balaban J connectivity index is 2.94. The molecule has 11 heavy (non-hydrogen) atoms. The minimum atomic E-state index is -0.441. The maximum Gasteiger partial charge on any atom is 0.176 e. The third kappa shape index (κ3) is 1.36. The van der Waals surface area contributed by atoms with E-state index in [1.165, 1.54) is 0 Å². The van der Waals surface area contributed by atoms with Crippen LogP contribution in [0.3, 0.4) is 0 Å². The molecule has 0 spiro atoms. The van der Waals surface area contributed by atoms with Gasteiger partial charge >= 0.3 is 0 Å². The predicted octanol–water partition coefficient (Wildman–Crippen LogP) is 0.337. The van der Waals surface area contributed by atoms with Gasteiger partial charge in [-0.3, -0.25) is 0 Å². The minimum absolute atomic E-state index is 0.441. The van der Waals surface area contributed by atoms with E-state index in [0.29, 0.717) is 0 Å². The van der Waals surface area contributed by atoms with Crippen LogP contribution in [0.25, 0.3) is 0 Å². The van der Waals surface area contributed by atoms with Crippen molar-refractivity contribution in [1.82, 2.24) is 9.80 Å². The molecule has 0 fully saturated rings. The van der Waals surface area contributed by atoms with Crippen LogP contribution >= 0.6 is 12.2 Å². The molecule has 0 bridgehead atoms. The van der Waals surface area contributed by atoms with Gasteiger partial charge in [-0.05, 0) is 25.2 Å². The summed E-state index contributed by atoms with van der Waals surface area (Å²) in [6.45, 7) is 1.92. The molecule has 62 valence electrons. The second-order valence-corrected chi connectivity index (χ2v) is 3.36. The lowest BCUT2D eigenvalue weighted by molar-refractivity contribution is 0.268. The fourth-order valence-electron chi connectivity index (χ4n) is 0.881. The third-order valence-corrected chi connectivity index (χ3v) is 2.51. The molecule has 0 aliphatic carbocycles. The van der Waals surface area contributed by atoms with Gasteiger partial charge in [0.2, 0.25) is 0 Å². The molecule has 1 aliphatic rings. The first-order chi connectivity index (χ1) is 4.95. The molecule has 1 atom stereocenters. The van der Waals surface area contributed by atoms with E-state index in [2.05, 4.69) is 0 Å². The molecule has 1 unspecified atom stereocenters. The summed E-state index contributed by atoms with van der Waals surface area (Å²) in [6, 6.07) is 0. The highest BCUT2D eigenvalue weighted by atomic mass is 32.1. The molecule has 0 amide bonds. The Morgan fingerprint density at radius 1 is 1.55 bits per heavy atom. The van der Waals surface area contributed by atoms with Crippen LogP contribution in [-0.2, 0) is 0 Å². The predicted molar refractivity (Wildman–Crippen MR) is 49.9 cm³/mol. The fraction of sp³-hybridized carbons (Fsp3) is 0.571. The molecule has 3 nitrogen and oxygen atoms in total. The first-order valence-corrected chi connectivity index (χ1v) is 3.85. The molecule has 1 aliphatic heterocycles. The van der Waals surface area contributed by atoms with E-state index in [4.69, 9.17) is 18.0 Å². The van der Waals surface area contributed by atoms with Gasteiger partial charge in [0.15, 0.2) is 5.11 Å². The SMILES string of the molecule is CN1C=CC(C)(N)N(C)C1=S. The molecule has 4 heteroatoms. The lowest BCUT2D eigenvalue weighted by Gasteiger charge is -2.40. The lowest BCUT2D eigenvalue weighted by Crippen LogP contribution is -2.58. The van der Waals surface area contributed by atoms with E-state index in [1.54, 1.807) is 0 Å². The second-order valence-electron chi connectivity index (χ2n) is 2.99. The van der Waals surface area contributed by atoms with Crippen molar-refractivity contribution < 1.29 is 0 Å². The van der Waals surface area contributed by atoms with E-state index >= 15 is 0 Å². The van der Waals surface area contributed by atoms with E-state index < -0.39 is 5.66 Å². The molecule has 0 saturated heterocycles. The zero-order valence-corrected chi connectivity index (χ0v) is 7.85. The number of hydrogen-bond donors (Lipinski definition) is 1. The van der Waals surface area contributed by atoms with Crippen molar-refractivity contribution in [2.24, 2.45) is 5.73 Å². The number of nitrogens with two attached hydrogens (primary N) is 1. The first kappa shape index (κ1) is 8.49. The van der Waals surface area contributed by atoms with Gasteiger partial charge in [-0.2, -0.15) is 0 Å². The smallest absolute Gasteiger partial charge is 0.176 e. The summed E-state index contributed by atoms with van der Waals surface area (Å²) in [5.74, 6) is 0. The molecule has 0 aromatic rings. The van der Waals surface area contributed by atoms with Gasteiger partial charge in [-0.15, -0.1) is 0 Å². The Labute approximate surface area is 72.5 Å². The molecule has 1 heterocycles. The van der Waals surface area contributed by atoms with Crippen molar-refractivity contribution >= 4 is 17.3 Å². The highest BCUT2D eigenvalue weighted by molar-refractivity contribution is 7.80. The zero-order chi connectivity index (χ0) is 8.65. The van der Waals surface area contributed by atoms with Crippen molar-refractivity contribution in [3.05, 3.63) is 12.3 Å². The molecular weight excluding hydrogens is 158 g/mol. The molecule has 0 radical (unpaired) electrons. The van der Waals surface area contributed by atoms with E-state index in [1.807, 2.05) is 43.1 Å². The summed E-state index contributed by atoms with van der Waals surface area (Å²) in [4.78, 5) is 3.73. The van der Waals surface area contributed by atoms with E-state index in [-0.39, 0.29) is 0 Å². The van der Waals surface area contributed by atoms with Crippen molar-refractivity contribution in [3.8, 4) is 0 Å². The summed E-state index contributed by atoms with van der Waals surface area (Å²) >= 11 is 5.12. The molecule has 0 aromatic heterocycles. The van der Waals surface area contributed by atoms with Gasteiger partial charge in [0.1, 0.15) is 5.66 Å². The van der Waals surface area contributed by atoms with Gasteiger partial charge in [0, 0.05) is 20.3 Å². The fourth-order valence-corrected chi connectivity index (χ4v) is 1.14. The van der Waals surface area contributed by atoms with E-state index in [9.17, 15) is 0 Å². The van der Waals surface area contributed by atoms with Crippen LogP contribution in [0, 0.1) is 0 Å². The maximum absolute atomic E-state index is 5.90. The van der Waals surface area contributed by atoms with Crippen molar-refractivity contribution in [2.45, 2.75) is 12.6 Å². The summed E-state index contributed by atoms with van der Waals surface area (Å²) in [5.41, 5.74) is 5.46. The van der Waals surface area contributed by atoms with Crippen molar-refractivity contribution in [2.75, 3.05) is 14.1 Å². The van der Waals surface area contributed by atoms with Crippen molar-refractivity contribution in [3.63, 3.8) is 0 Å². The Morgan fingerprint density at radius 2 is 2.09 bits per heavy atom. The normalized spacial score (nSPS) is 31.5. The molecule has 0 aromatic carbocycles. The van der Waals surface area contributed by atoms with Crippen LogP contribution in [-0.4, -0.2) is 34.7 Å². The van der Waals surface area contributed by atoms with Crippen LogP contribution in [0.15, 0.2) is 12.3 Å². The standard InChI is InChI=1S/C7H13N3S/c1-7(8)4-5-9(2)6(11)10(7)3/h4-5H,8H2,1-3H3.